The number of anilines is 2. The first-order valence-corrected chi connectivity index (χ1v) is 7.94. The Kier molecular flexibility index (Phi) is 5.95. The van der Waals surface area contributed by atoms with Crippen LogP contribution in [0.5, 0.6) is 0 Å². The number of ether oxygens (including phenoxy) is 1. The molecule has 5 heteroatoms. The summed E-state index contributed by atoms with van der Waals surface area (Å²) in [5.74, 6) is -0.177. The molecule has 0 aliphatic heterocycles. The van der Waals surface area contributed by atoms with Gasteiger partial charge in [0.2, 0.25) is 0 Å². The van der Waals surface area contributed by atoms with E-state index in [9.17, 15) is 4.79 Å². The van der Waals surface area contributed by atoms with E-state index in [0.29, 0.717) is 30.2 Å². The van der Waals surface area contributed by atoms with Crippen LogP contribution < -0.4 is 16.4 Å². The number of rotatable bonds is 6. The number of amides is 1. The van der Waals surface area contributed by atoms with Crippen LogP contribution in [-0.4, -0.2) is 18.2 Å². The molecule has 0 fully saturated rings. The zero-order valence-corrected chi connectivity index (χ0v) is 14.4. The van der Waals surface area contributed by atoms with Crippen molar-refractivity contribution in [3.8, 4) is 0 Å². The maximum absolute atomic E-state index is 12.2. The highest BCUT2D eigenvalue weighted by molar-refractivity contribution is 6.05. The van der Waals surface area contributed by atoms with Gasteiger partial charge in [-0.05, 0) is 50.6 Å². The smallest absolute Gasteiger partial charge is 0.255 e. The summed E-state index contributed by atoms with van der Waals surface area (Å²) in [4.78, 5) is 12.2. The highest BCUT2D eigenvalue weighted by Crippen LogP contribution is 2.18. The van der Waals surface area contributed by atoms with Crippen molar-refractivity contribution in [1.29, 1.82) is 0 Å². The summed E-state index contributed by atoms with van der Waals surface area (Å²) < 4.78 is 5.60. The number of nitrogens with two attached hydrogens (primary N) is 1. The minimum atomic E-state index is -0.177. The SMILES string of the molecule is CC(C)(C)OCNCc1ccc(C(=O)Nc2ccccc2N)cc1. The quantitative estimate of drug-likeness (QED) is 0.432. The van der Waals surface area contributed by atoms with Crippen LogP contribution in [0, 0.1) is 0 Å². The lowest BCUT2D eigenvalue weighted by molar-refractivity contribution is -0.0138. The molecular formula is C19H25N3O2. The number of benzene rings is 2. The standard InChI is InChI=1S/C19H25N3O2/c1-19(2,3)24-13-21-12-14-8-10-15(11-9-14)18(23)22-17-7-5-4-6-16(17)20/h4-11,21H,12-13,20H2,1-3H3,(H,22,23). The van der Waals surface area contributed by atoms with Gasteiger partial charge in [-0.3, -0.25) is 10.1 Å². The van der Waals surface area contributed by atoms with Crippen molar-refractivity contribution in [3.05, 3.63) is 59.7 Å². The van der Waals surface area contributed by atoms with Crippen molar-refractivity contribution in [1.82, 2.24) is 5.32 Å². The molecule has 0 unspecified atom stereocenters. The van der Waals surface area contributed by atoms with E-state index in [1.165, 1.54) is 0 Å². The van der Waals surface area contributed by atoms with Crippen molar-refractivity contribution < 1.29 is 9.53 Å². The first-order chi connectivity index (χ1) is 11.3. The Hall–Kier alpha value is -2.37. The third-order valence-electron chi connectivity index (χ3n) is 3.36. The molecule has 2 aromatic carbocycles. The van der Waals surface area contributed by atoms with Gasteiger partial charge < -0.3 is 15.8 Å². The van der Waals surface area contributed by atoms with E-state index < -0.39 is 0 Å². The van der Waals surface area contributed by atoms with Crippen molar-refractivity contribution in [2.45, 2.75) is 32.9 Å². The number of carbonyl (C=O) groups excluding carboxylic acids is 1. The van der Waals surface area contributed by atoms with Crippen LogP contribution in [0.15, 0.2) is 48.5 Å². The summed E-state index contributed by atoms with van der Waals surface area (Å²) >= 11 is 0. The van der Waals surface area contributed by atoms with Gasteiger partial charge in [0.25, 0.3) is 5.91 Å². The lowest BCUT2D eigenvalue weighted by Crippen LogP contribution is -2.27. The van der Waals surface area contributed by atoms with Crippen molar-refractivity contribution >= 4 is 17.3 Å². The second-order valence-corrected chi connectivity index (χ2v) is 6.57. The van der Waals surface area contributed by atoms with Gasteiger partial charge in [0.15, 0.2) is 0 Å². The van der Waals surface area contributed by atoms with Crippen LogP contribution in [0.25, 0.3) is 0 Å². The predicted octanol–water partition coefficient (Wildman–Crippen LogP) is 3.38. The van der Waals surface area contributed by atoms with Crippen LogP contribution >= 0.6 is 0 Å². The van der Waals surface area contributed by atoms with E-state index in [-0.39, 0.29) is 11.5 Å². The minimum Gasteiger partial charge on any atom is -0.397 e. The van der Waals surface area contributed by atoms with Crippen LogP contribution in [0.3, 0.4) is 0 Å². The second kappa shape index (κ2) is 7.95. The monoisotopic (exact) mass is 327 g/mol. The summed E-state index contributed by atoms with van der Waals surface area (Å²) in [5.41, 5.74) is 8.52. The average molecular weight is 327 g/mol. The highest BCUT2D eigenvalue weighted by Gasteiger charge is 2.09. The maximum Gasteiger partial charge on any atom is 0.255 e. The topological polar surface area (TPSA) is 76.4 Å². The molecule has 0 heterocycles. The zero-order valence-electron chi connectivity index (χ0n) is 14.4. The van der Waals surface area contributed by atoms with Crippen molar-refractivity contribution in [3.63, 3.8) is 0 Å². The Labute approximate surface area is 143 Å². The summed E-state index contributed by atoms with van der Waals surface area (Å²) in [6.07, 6.45) is 0. The van der Waals surface area contributed by atoms with Crippen molar-refractivity contribution in [2.75, 3.05) is 17.8 Å². The lowest BCUT2D eigenvalue weighted by Gasteiger charge is -2.19. The number of carbonyl (C=O) groups is 1. The van der Waals surface area contributed by atoms with Gasteiger partial charge in [0.05, 0.1) is 23.7 Å². The molecule has 2 aromatic rings. The van der Waals surface area contributed by atoms with Gasteiger partial charge in [-0.2, -0.15) is 0 Å². The van der Waals surface area contributed by atoms with E-state index in [2.05, 4.69) is 10.6 Å². The number of hydrogen-bond donors (Lipinski definition) is 3. The first-order valence-electron chi connectivity index (χ1n) is 7.94. The summed E-state index contributed by atoms with van der Waals surface area (Å²) in [6, 6.07) is 14.6. The fourth-order valence-corrected chi connectivity index (χ4v) is 2.04. The normalized spacial score (nSPS) is 11.3. The Morgan fingerprint density at radius 3 is 2.38 bits per heavy atom. The Morgan fingerprint density at radius 1 is 1.08 bits per heavy atom. The zero-order chi connectivity index (χ0) is 17.6. The maximum atomic E-state index is 12.2. The molecule has 0 aliphatic rings. The van der Waals surface area contributed by atoms with Gasteiger partial charge in [0, 0.05) is 12.1 Å². The molecule has 1 amide bonds. The fourth-order valence-electron chi connectivity index (χ4n) is 2.04. The summed E-state index contributed by atoms with van der Waals surface area (Å²) in [7, 11) is 0. The van der Waals surface area contributed by atoms with Gasteiger partial charge >= 0.3 is 0 Å². The van der Waals surface area contributed by atoms with Crippen molar-refractivity contribution in [2.24, 2.45) is 0 Å². The number of nitrogen functional groups attached to an aromatic ring is 1. The third kappa shape index (κ3) is 5.68. The van der Waals surface area contributed by atoms with Gasteiger partial charge in [-0.15, -0.1) is 0 Å². The Bertz CT molecular complexity index is 676. The third-order valence-corrected chi connectivity index (χ3v) is 3.36. The van der Waals surface area contributed by atoms with Crippen LogP contribution in [0.4, 0.5) is 11.4 Å². The molecule has 24 heavy (non-hydrogen) atoms. The molecule has 0 saturated heterocycles. The fraction of sp³-hybridized carbons (Fsp3) is 0.316. The minimum absolute atomic E-state index is 0.159. The number of hydrogen-bond acceptors (Lipinski definition) is 4. The molecule has 0 saturated carbocycles. The molecule has 0 spiro atoms. The van der Waals surface area contributed by atoms with E-state index in [1.54, 1.807) is 24.3 Å². The largest absolute Gasteiger partial charge is 0.397 e. The average Bonchev–Trinajstić information content (AvgIpc) is 2.53. The summed E-state index contributed by atoms with van der Waals surface area (Å²) in [6.45, 7) is 7.22. The van der Waals surface area contributed by atoms with E-state index in [1.807, 2.05) is 45.0 Å². The van der Waals surface area contributed by atoms with Gasteiger partial charge in [0.1, 0.15) is 0 Å². The molecule has 0 aliphatic carbocycles. The molecule has 4 N–H and O–H groups in total. The molecule has 128 valence electrons. The van der Waals surface area contributed by atoms with E-state index >= 15 is 0 Å². The molecule has 2 rings (SSSR count). The second-order valence-electron chi connectivity index (χ2n) is 6.57. The highest BCUT2D eigenvalue weighted by atomic mass is 16.5. The Balaban J connectivity index is 1.87. The molecular weight excluding hydrogens is 302 g/mol. The number of para-hydroxylation sites is 2. The van der Waals surface area contributed by atoms with Crippen LogP contribution in [-0.2, 0) is 11.3 Å². The predicted molar refractivity (Wildman–Crippen MR) is 97.8 cm³/mol. The number of nitrogens with one attached hydrogen (secondary N) is 2. The van der Waals surface area contributed by atoms with Gasteiger partial charge in [-0.25, -0.2) is 0 Å². The van der Waals surface area contributed by atoms with E-state index in [4.69, 9.17) is 10.5 Å². The van der Waals surface area contributed by atoms with Gasteiger partial charge in [-0.1, -0.05) is 24.3 Å². The van der Waals surface area contributed by atoms with Crippen LogP contribution in [0.1, 0.15) is 36.7 Å². The van der Waals surface area contributed by atoms with E-state index in [0.717, 1.165) is 5.56 Å². The summed E-state index contributed by atoms with van der Waals surface area (Å²) in [5, 5.41) is 6.03. The molecule has 0 atom stereocenters. The first kappa shape index (κ1) is 18.0. The molecule has 0 aromatic heterocycles. The molecule has 5 nitrogen and oxygen atoms in total. The van der Waals surface area contributed by atoms with Crippen LogP contribution in [0.2, 0.25) is 0 Å². The Morgan fingerprint density at radius 2 is 1.75 bits per heavy atom. The molecule has 0 radical (unpaired) electrons. The lowest BCUT2D eigenvalue weighted by atomic mass is 10.1. The molecule has 0 bridgehead atoms.